The fraction of sp³-hybridized carbons (Fsp3) is 0.700. The van der Waals surface area contributed by atoms with E-state index < -0.39 is 0 Å². The summed E-state index contributed by atoms with van der Waals surface area (Å²) in [4.78, 5) is 12.6. The van der Waals surface area contributed by atoms with E-state index in [1.807, 2.05) is 0 Å². The Balaban J connectivity index is 2.20. The van der Waals surface area contributed by atoms with E-state index in [4.69, 9.17) is 4.42 Å². The highest BCUT2D eigenvalue weighted by molar-refractivity contribution is 5.48. The molecule has 0 bridgehead atoms. The Morgan fingerprint density at radius 2 is 2.33 bits per heavy atom. The van der Waals surface area contributed by atoms with E-state index >= 15 is 0 Å². The number of nitrogens with zero attached hydrogens (tertiary/aromatic N) is 3. The van der Waals surface area contributed by atoms with Crippen LogP contribution in [0.25, 0.3) is 0 Å². The number of aryl methyl sites for hydroxylation is 1. The van der Waals surface area contributed by atoms with Crippen molar-refractivity contribution in [3.63, 3.8) is 0 Å². The molecule has 0 spiro atoms. The molecule has 2 rings (SSSR count). The van der Waals surface area contributed by atoms with Crippen molar-refractivity contribution in [3.05, 3.63) is 11.8 Å². The normalized spacial score (nSPS) is 26.7. The van der Waals surface area contributed by atoms with Gasteiger partial charge in [-0.1, -0.05) is 6.92 Å². The molecule has 2 atom stereocenters. The SMILES string of the molecule is Cc1nnc(C2CC(C)CCN2C=O)o1. The predicted octanol–water partition coefficient (Wildman–Crippen LogP) is 1.31. The molecule has 15 heavy (non-hydrogen) atoms. The van der Waals surface area contributed by atoms with Crippen molar-refractivity contribution in [1.29, 1.82) is 0 Å². The average Bonchev–Trinajstić information content (AvgIpc) is 2.65. The highest BCUT2D eigenvalue weighted by Crippen LogP contribution is 2.31. The van der Waals surface area contributed by atoms with Crippen LogP contribution < -0.4 is 0 Å². The van der Waals surface area contributed by atoms with Crippen molar-refractivity contribution < 1.29 is 9.21 Å². The Bertz CT molecular complexity index is 350. The highest BCUT2D eigenvalue weighted by atomic mass is 16.4. The van der Waals surface area contributed by atoms with Gasteiger partial charge in [0.25, 0.3) is 0 Å². The number of hydrogen-bond donors (Lipinski definition) is 0. The Labute approximate surface area is 88.5 Å². The lowest BCUT2D eigenvalue weighted by Gasteiger charge is -2.33. The molecule has 82 valence electrons. The van der Waals surface area contributed by atoms with E-state index in [2.05, 4.69) is 17.1 Å². The van der Waals surface area contributed by atoms with E-state index in [9.17, 15) is 4.79 Å². The summed E-state index contributed by atoms with van der Waals surface area (Å²) in [5, 5.41) is 7.78. The van der Waals surface area contributed by atoms with Crippen LogP contribution in [0.15, 0.2) is 4.42 Å². The minimum absolute atomic E-state index is 0.0348. The molecule has 1 aliphatic heterocycles. The molecule has 5 nitrogen and oxygen atoms in total. The van der Waals surface area contributed by atoms with Gasteiger partial charge in [-0.15, -0.1) is 10.2 Å². The zero-order chi connectivity index (χ0) is 10.8. The number of aromatic nitrogens is 2. The van der Waals surface area contributed by atoms with Crippen LogP contribution in [0.2, 0.25) is 0 Å². The van der Waals surface area contributed by atoms with Crippen molar-refractivity contribution in [3.8, 4) is 0 Å². The number of rotatable bonds is 2. The minimum atomic E-state index is -0.0348. The van der Waals surface area contributed by atoms with Gasteiger partial charge in [-0.3, -0.25) is 4.79 Å². The van der Waals surface area contributed by atoms with E-state index in [0.717, 1.165) is 25.8 Å². The third-order valence-corrected chi connectivity index (χ3v) is 2.87. The monoisotopic (exact) mass is 209 g/mol. The van der Waals surface area contributed by atoms with Crippen LogP contribution in [-0.4, -0.2) is 28.1 Å². The lowest BCUT2D eigenvalue weighted by molar-refractivity contribution is -0.122. The fourth-order valence-corrected chi connectivity index (χ4v) is 1.98. The van der Waals surface area contributed by atoms with Gasteiger partial charge in [-0.25, -0.2) is 0 Å². The molecule has 0 aromatic carbocycles. The minimum Gasteiger partial charge on any atom is -0.423 e. The van der Waals surface area contributed by atoms with E-state index in [0.29, 0.717) is 17.7 Å². The Kier molecular flexibility index (Phi) is 2.70. The molecule has 0 radical (unpaired) electrons. The van der Waals surface area contributed by atoms with Crippen molar-refractivity contribution in [2.24, 2.45) is 5.92 Å². The van der Waals surface area contributed by atoms with E-state index in [1.54, 1.807) is 11.8 Å². The van der Waals surface area contributed by atoms with Gasteiger partial charge in [0.1, 0.15) is 6.04 Å². The van der Waals surface area contributed by atoms with Gasteiger partial charge >= 0.3 is 0 Å². The van der Waals surface area contributed by atoms with Gasteiger partial charge in [0.15, 0.2) is 0 Å². The van der Waals surface area contributed by atoms with Gasteiger partial charge in [-0.2, -0.15) is 0 Å². The molecule has 1 aromatic heterocycles. The van der Waals surface area contributed by atoms with Crippen molar-refractivity contribution in [2.45, 2.75) is 32.7 Å². The number of likely N-dealkylation sites (tertiary alicyclic amines) is 1. The first-order valence-electron chi connectivity index (χ1n) is 5.21. The first-order valence-corrected chi connectivity index (χ1v) is 5.21. The largest absolute Gasteiger partial charge is 0.423 e. The van der Waals surface area contributed by atoms with Crippen LogP contribution in [0, 0.1) is 12.8 Å². The summed E-state index contributed by atoms with van der Waals surface area (Å²) < 4.78 is 5.38. The molecule has 1 aromatic rings. The number of carbonyl (C=O) groups is 1. The van der Waals surface area contributed by atoms with Gasteiger partial charge in [0, 0.05) is 13.5 Å². The molecular weight excluding hydrogens is 194 g/mol. The standard InChI is InChI=1S/C10H15N3O2/c1-7-3-4-13(6-14)9(5-7)10-12-11-8(2)15-10/h6-7,9H,3-5H2,1-2H3. The molecule has 0 N–H and O–H groups in total. The molecule has 0 saturated carbocycles. The Hall–Kier alpha value is -1.39. The lowest BCUT2D eigenvalue weighted by Crippen LogP contribution is -2.35. The van der Waals surface area contributed by atoms with Gasteiger partial charge in [0.2, 0.25) is 18.2 Å². The summed E-state index contributed by atoms with van der Waals surface area (Å²) in [5.74, 6) is 1.71. The second-order valence-corrected chi connectivity index (χ2v) is 4.15. The van der Waals surface area contributed by atoms with Crippen LogP contribution in [0.3, 0.4) is 0 Å². The van der Waals surface area contributed by atoms with Gasteiger partial charge in [0.05, 0.1) is 0 Å². The molecular formula is C10H15N3O2. The molecule has 2 unspecified atom stereocenters. The molecule has 0 aliphatic carbocycles. The molecule has 2 heterocycles. The van der Waals surface area contributed by atoms with Crippen LogP contribution in [0.5, 0.6) is 0 Å². The number of hydrogen-bond acceptors (Lipinski definition) is 4. The second-order valence-electron chi connectivity index (χ2n) is 4.15. The summed E-state index contributed by atoms with van der Waals surface area (Å²) in [7, 11) is 0. The molecule has 1 aliphatic rings. The topological polar surface area (TPSA) is 59.2 Å². The molecule has 5 heteroatoms. The highest BCUT2D eigenvalue weighted by Gasteiger charge is 2.30. The average molecular weight is 209 g/mol. The zero-order valence-electron chi connectivity index (χ0n) is 9.01. The summed E-state index contributed by atoms with van der Waals surface area (Å²) in [6, 6.07) is -0.0348. The number of piperidine rings is 1. The first-order chi connectivity index (χ1) is 7.20. The maximum absolute atomic E-state index is 10.9. The van der Waals surface area contributed by atoms with Crippen LogP contribution in [-0.2, 0) is 4.79 Å². The number of carbonyl (C=O) groups excluding carboxylic acids is 1. The maximum Gasteiger partial charge on any atom is 0.238 e. The third-order valence-electron chi connectivity index (χ3n) is 2.87. The Morgan fingerprint density at radius 1 is 1.53 bits per heavy atom. The quantitative estimate of drug-likeness (QED) is 0.689. The Morgan fingerprint density at radius 3 is 2.93 bits per heavy atom. The van der Waals surface area contributed by atoms with Crippen LogP contribution in [0.1, 0.15) is 37.6 Å². The summed E-state index contributed by atoms with van der Waals surface area (Å²) >= 11 is 0. The smallest absolute Gasteiger partial charge is 0.238 e. The van der Waals surface area contributed by atoms with Crippen molar-refractivity contribution in [2.75, 3.05) is 6.54 Å². The fourth-order valence-electron chi connectivity index (χ4n) is 1.98. The predicted molar refractivity (Wildman–Crippen MR) is 52.9 cm³/mol. The maximum atomic E-state index is 10.9. The van der Waals surface area contributed by atoms with E-state index in [1.165, 1.54) is 0 Å². The molecule has 1 saturated heterocycles. The van der Waals surface area contributed by atoms with E-state index in [-0.39, 0.29) is 6.04 Å². The number of amides is 1. The van der Waals surface area contributed by atoms with Crippen LogP contribution >= 0.6 is 0 Å². The molecule has 1 fully saturated rings. The lowest BCUT2D eigenvalue weighted by atomic mass is 9.93. The van der Waals surface area contributed by atoms with Crippen molar-refractivity contribution in [1.82, 2.24) is 15.1 Å². The first kappa shape index (κ1) is 10.1. The summed E-state index contributed by atoms with van der Waals surface area (Å²) in [5.41, 5.74) is 0. The zero-order valence-corrected chi connectivity index (χ0v) is 9.01. The summed E-state index contributed by atoms with van der Waals surface area (Å²) in [6.07, 6.45) is 2.82. The summed E-state index contributed by atoms with van der Waals surface area (Å²) in [6.45, 7) is 4.71. The molecule has 1 amide bonds. The van der Waals surface area contributed by atoms with Crippen LogP contribution in [0.4, 0.5) is 0 Å². The third kappa shape index (κ3) is 2.00. The van der Waals surface area contributed by atoms with Gasteiger partial charge in [-0.05, 0) is 18.8 Å². The van der Waals surface area contributed by atoms with Gasteiger partial charge < -0.3 is 9.32 Å². The second kappa shape index (κ2) is 4.00. The van der Waals surface area contributed by atoms with Crippen molar-refractivity contribution >= 4 is 6.41 Å².